The monoisotopic (exact) mass is 442 g/mol. The lowest BCUT2D eigenvalue weighted by molar-refractivity contribution is -0.144. The molecule has 0 bridgehead atoms. The topological polar surface area (TPSA) is 73.1 Å². The number of halogens is 4. The van der Waals surface area contributed by atoms with E-state index in [9.17, 15) is 18.3 Å². The molecule has 0 aliphatic heterocycles. The lowest BCUT2D eigenvalue weighted by Crippen LogP contribution is -2.32. The van der Waals surface area contributed by atoms with E-state index in [0.29, 0.717) is 5.75 Å². The summed E-state index contributed by atoms with van der Waals surface area (Å²) in [6.45, 7) is 0.980. The van der Waals surface area contributed by atoms with Crippen LogP contribution in [0.4, 0.5) is 13.2 Å². The fraction of sp³-hybridized carbons (Fsp3) is 0.235. The molecule has 0 aliphatic rings. The van der Waals surface area contributed by atoms with Crippen LogP contribution in [-0.2, 0) is 18.3 Å². The van der Waals surface area contributed by atoms with Crippen molar-refractivity contribution in [2.75, 3.05) is 0 Å². The van der Waals surface area contributed by atoms with E-state index in [0.717, 1.165) is 10.7 Å². The van der Waals surface area contributed by atoms with Crippen LogP contribution in [-0.4, -0.2) is 24.9 Å². The minimum absolute atomic E-state index is 0.148. The molecular formula is C17H14BrF3N4O2. The first-order valence-corrected chi connectivity index (χ1v) is 8.51. The van der Waals surface area contributed by atoms with Crippen molar-refractivity contribution in [3.63, 3.8) is 0 Å². The highest BCUT2D eigenvalue weighted by Crippen LogP contribution is 2.42. The summed E-state index contributed by atoms with van der Waals surface area (Å²) >= 11 is 3.28. The Morgan fingerprint density at radius 3 is 2.48 bits per heavy atom. The van der Waals surface area contributed by atoms with Gasteiger partial charge in [-0.3, -0.25) is 4.98 Å². The SMILES string of the molecule is CC(O)(Cn1cncn1)c1c(Oc2ccc(Br)cc2)ccnc1C(F)(F)F. The molecule has 1 unspecified atom stereocenters. The Hall–Kier alpha value is -2.46. The first-order chi connectivity index (χ1) is 12.7. The van der Waals surface area contributed by atoms with Crippen molar-refractivity contribution in [3.8, 4) is 11.5 Å². The summed E-state index contributed by atoms with van der Waals surface area (Å²) < 4.78 is 48.3. The van der Waals surface area contributed by atoms with E-state index in [1.54, 1.807) is 24.3 Å². The van der Waals surface area contributed by atoms with E-state index in [4.69, 9.17) is 4.74 Å². The summed E-state index contributed by atoms with van der Waals surface area (Å²) in [4.78, 5) is 7.18. The van der Waals surface area contributed by atoms with Crippen molar-refractivity contribution in [3.05, 3.63) is 64.9 Å². The fourth-order valence-electron chi connectivity index (χ4n) is 2.60. The van der Waals surface area contributed by atoms with Crippen molar-refractivity contribution < 1.29 is 23.0 Å². The molecule has 0 saturated heterocycles. The van der Waals surface area contributed by atoms with Gasteiger partial charge >= 0.3 is 6.18 Å². The Bertz CT molecular complexity index is 913. The van der Waals surface area contributed by atoms with Crippen LogP contribution < -0.4 is 4.74 Å². The Morgan fingerprint density at radius 2 is 1.89 bits per heavy atom. The van der Waals surface area contributed by atoms with Crippen molar-refractivity contribution in [1.82, 2.24) is 19.7 Å². The third-order valence-electron chi connectivity index (χ3n) is 3.70. The summed E-state index contributed by atoms with van der Waals surface area (Å²) in [6, 6.07) is 7.84. The molecule has 2 heterocycles. The van der Waals surface area contributed by atoms with Crippen LogP contribution in [0.5, 0.6) is 11.5 Å². The minimum Gasteiger partial charge on any atom is -0.457 e. The normalized spacial score (nSPS) is 14.0. The molecule has 142 valence electrons. The van der Waals surface area contributed by atoms with Gasteiger partial charge in [0.15, 0.2) is 5.69 Å². The molecule has 3 aromatic rings. The van der Waals surface area contributed by atoms with Gasteiger partial charge in [-0.05, 0) is 37.3 Å². The lowest BCUT2D eigenvalue weighted by atomic mass is 9.93. The Balaban J connectivity index is 2.09. The van der Waals surface area contributed by atoms with Crippen LogP contribution >= 0.6 is 15.9 Å². The number of alkyl halides is 3. The summed E-state index contributed by atoms with van der Waals surface area (Å²) in [7, 11) is 0. The highest BCUT2D eigenvalue weighted by Gasteiger charge is 2.43. The predicted molar refractivity (Wildman–Crippen MR) is 93.0 cm³/mol. The van der Waals surface area contributed by atoms with Crippen LogP contribution in [0.3, 0.4) is 0 Å². The van der Waals surface area contributed by atoms with E-state index in [1.807, 2.05) is 0 Å². The van der Waals surface area contributed by atoms with Gasteiger partial charge in [0.05, 0.1) is 12.1 Å². The number of hydrogen-bond donors (Lipinski definition) is 1. The quantitative estimate of drug-likeness (QED) is 0.642. The Kier molecular flexibility index (Phi) is 5.20. The molecule has 2 aromatic heterocycles. The molecular weight excluding hydrogens is 429 g/mol. The average Bonchev–Trinajstić information content (AvgIpc) is 3.08. The summed E-state index contributed by atoms with van der Waals surface area (Å²) in [5, 5.41) is 14.7. The lowest BCUT2D eigenvalue weighted by Gasteiger charge is -2.28. The molecule has 27 heavy (non-hydrogen) atoms. The van der Waals surface area contributed by atoms with Gasteiger partial charge in [-0.1, -0.05) is 15.9 Å². The second-order valence-corrected chi connectivity index (χ2v) is 6.87. The molecule has 1 atom stereocenters. The van der Waals surface area contributed by atoms with Gasteiger partial charge < -0.3 is 9.84 Å². The van der Waals surface area contributed by atoms with Gasteiger partial charge in [0.2, 0.25) is 0 Å². The molecule has 0 aliphatic carbocycles. The van der Waals surface area contributed by atoms with Gasteiger partial charge in [0.25, 0.3) is 0 Å². The highest BCUT2D eigenvalue weighted by atomic mass is 79.9. The van der Waals surface area contributed by atoms with Crippen molar-refractivity contribution >= 4 is 15.9 Å². The average molecular weight is 443 g/mol. The van der Waals surface area contributed by atoms with E-state index < -0.39 is 23.0 Å². The number of benzene rings is 1. The van der Waals surface area contributed by atoms with Gasteiger partial charge in [-0.2, -0.15) is 18.3 Å². The summed E-state index contributed by atoms with van der Waals surface area (Å²) in [5.41, 5.74) is -3.67. The second-order valence-electron chi connectivity index (χ2n) is 5.95. The number of hydrogen-bond acceptors (Lipinski definition) is 5. The van der Waals surface area contributed by atoms with Crippen LogP contribution in [0.1, 0.15) is 18.2 Å². The molecule has 0 spiro atoms. The van der Waals surface area contributed by atoms with E-state index in [1.165, 1.54) is 30.3 Å². The minimum atomic E-state index is -4.78. The first kappa shape index (κ1) is 19.3. The van der Waals surface area contributed by atoms with Gasteiger partial charge in [0.1, 0.15) is 29.8 Å². The molecule has 3 rings (SSSR count). The van der Waals surface area contributed by atoms with Crippen molar-refractivity contribution in [2.24, 2.45) is 0 Å². The molecule has 1 N–H and O–H groups in total. The third-order valence-corrected chi connectivity index (χ3v) is 4.23. The number of ether oxygens (including phenoxy) is 1. The number of nitrogens with zero attached hydrogens (tertiary/aromatic N) is 4. The smallest absolute Gasteiger partial charge is 0.433 e. The zero-order valence-electron chi connectivity index (χ0n) is 14.0. The summed E-state index contributed by atoms with van der Waals surface area (Å²) in [6.07, 6.45) is -1.26. The standard InChI is InChI=1S/C17H14BrF3N4O2/c1-16(26,8-25-10-22-9-24-25)14-13(6-7-23-15(14)17(19,20)21)27-12-4-2-11(18)3-5-12/h2-7,9-10,26H,8H2,1H3. The number of pyridine rings is 1. The fourth-order valence-corrected chi connectivity index (χ4v) is 2.87. The first-order valence-electron chi connectivity index (χ1n) is 7.72. The molecule has 1 aromatic carbocycles. The number of aromatic nitrogens is 4. The van der Waals surface area contributed by atoms with Gasteiger partial charge in [-0.25, -0.2) is 9.67 Å². The van der Waals surface area contributed by atoms with Crippen LogP contribution in [0.15, 0.2) is 53.7 Å². The van der Waals surface area contributed by atoms with Crippen molar-refractivity contribution in [1.29, 1.82) is 0 Å². The van der Waals surface area contributed by atoms with Crippen LogP contribution in [0.2, 0.25) is 0 Å². The molecule has 0 amide bonds. The largest absolute Gasteiger partial charge is 0.457 e. The summed E-state index contributed by atoms with van der Waals surface area (Å²) in [5.74, 6) is 0.167. The predicted octanol–water partition coefficient (Wildman–Crippen LogP) is 4.15. The highest BCUT2D eigenvalue weighted by molar-refractivity contribution is 9.10. The van der Waals surface area contributed by atoms with Crippen LogP contribution in [0.25, 0.3) is 0 Å². The zero-order chi connectivity index (χ0) is 19.7. The molecule has 0 fully saturated rings. The second kappa shape index (κ2) is 7.28. The molecule has 0 saturated carbocycles. The van der Waals surface area contributed by atoms with Gasteiger partial charge in [-0.15, -0.1) is 0 Å². The Morgan fingerprint density at radius 1 is 1.19 bits per heavy atom. The number of rotatable bonds is 5. The van der Waals surface area contributed by atoms with E-state index in [2.05, 4.69) is 31.0 Å². The maximum absolute atomic E-state index is 13.6. The van der Waals surface area contributed by atoms with Crippen molar-refractivity contribution in [2.45, 2.75) is 25.2 Å². The third kappa shape index (κ3) is 4.45. The zero-order valence-corrected chi connectivity index (χ0v) is 15.6. The maximum Gasteiger partial charge on any atom is 0.433 e. The molecule has 0 radical (unpaired) electrons. The van der Waals surface area contributed by atoms with Crippen LogP contribution in [0, 0.1) is 0 Å². The number of aliphatic hydroxyl groups is 1. The Labute approximate surface area is 160 Å². The maximum atomic E-state index is 13.6. The molecule has 10 heteroatoms. The van der Waals surface area contributed by atoms with E-state index >= 15 is 0 Å². The van der Waals surface area contributed by atoms with Gasteiger partial charge in [0, 0.05) is 10.7 Å². The molecule has 6 nitrogen and oxygen atoms in total. The van der Waals surface area contributed by atoms with E-state index in [-0.39, 0.29) is 12.3 Å².